The molecule has 0 radical (unpaired) electrons. The van der Waals surface area contributed by atoms with E-state index in [0.717, 1.165) is 24.5 Å². The molecule has 0 spiro atoms. The molecule has 114 valence electrons. The number of rotatable bonds is 5. The van der Waals surface area contributed by atoms with E-state index in [4.69, 9.17) is 0 Å². The lowest BCUT2D eigenvalue weighted by molar-refractivity contribution is 0.0685. The van der Waals surface area contributed by atoms with Crippen LogP contribution in [0.2, 0.25) is 0 Å². The number of nitrogens with zero attached hydrogens (tertiary/aromatic N) is 2. The zero-order chi connectivity index (χ0) is 15.4. The van der Waals surface area contributed by atoms with Gasteiger partial charge < -0.3 is 10.0 Å². The van der Waals surface area contributed by atoms with Crippen molar-refractivity contribution >= 4 is 12.0 Å². The number of carbonyl (C=O) groups is 1. The Morgan fingerprint density at radius 3 is 2.86 bits per heavy atom. The maximum atomic E-state index is 12.8. The van der Waals surface area contributed by atoms with Crippen molar-refractivity contribution in [1.29, 1.82) is 0 Å². The number of carbonyl (C=O) groups excluding carboxylic acids is 1. The highest BCUT2D eigenvalue weighted by molar-refractivity contribution is 5.97. The fraction of sp³-hybridized carbons (Fsp3) is 0.529. The van der Waals surface area contributed by atoms with Crippen LogP contribution < -0.4 is 10.6 Å². The highest BCUT2D eigenvalue weighted by Gasteiger charge is 2.23. The third-order valence-corrected chi connectivity index (χ3v) is 4.02. The Morgan fingerprint density at radius 1 is 1.43 bits per heavy atom. The van der Waals surface area contributed by atoms with Crippen LogP contribution in [0.3, 0.4) is 0 Å². The number of amides is 1. The normalized spacial score (nSPS) is 14.6. The summed E-state index contributed by atoms with van der Waals surface area (Å²) in [5.74, 6) is -0.0786. The molecule has 0 fully saturated rings. The number of hydrogen-bond donors (Lipinski definition) is 1. The minimum absolute atomic E-state index is 0.0258. The van der Waals surface area contributed by atoms with E-state index in [2.05, 4.69) is 24.9 Å². The summed E-state index contributed by atoms with van der Waals surface area (Å²) in [6.45, 7) is 7.54. The van der Waals surface area contributed by atoms with E-state index in [1.807, 2.05) is 17.9 Å². The van der Waals surface area contributed by atoms with Crippen LogP contribution in [0.5, 0.6) is 5.75 Å². The van der Waals surface area contributed by atoms with E-state index in [0.29, 0.717) is 24.0 Å². The van der Waals surface area contributed by atoms with Crippen LogP contribution in [0.4, 0.5) is 0 Å². The molecule has 21 heavy (non-hydrogen) atoms. The van der Waals surface area contributed by atoms with Gasteiger partial charge in [0.15, 0.2) is 5.75 Å². The lowest BCUT2D eigenvalue weighted by Crippen LogP contribution is -2.40. The van der Waals surface area contributed by atoms with Crippen molar-refractivity contribution in [2.45, 2.75) is 46.1 Å². The van der Waals surface area contributed by atoms with Crippen LogP contribution >= 0.6 is 0 Å². The first-order valence-electron chi connectivity index (χ1n) is 7.77. The van der Waals surface area contributed by atoms with Crippen molar-refractivity contribution in [3.05, 3.63) is 28.3 Å². The molecule has 1 heterocycles. The lowest BCUT2D eigenvalue weighted by atomic mass is 10.1. The average Bonchev–Trinajstić information content (AvgIpc) is 2.52. The number of fused-ring (bicyclic) bond motifs is 1. The van der Waals surface area contributed by atoms with Crippen LogP contribution in [-0.4, -0.2) is 35.0 Å². The quantitative estimate of drug-likeness (QED) is 0.899. The molecular weight excluding hydrogens is 264 g/mol. The predicted molar refractivity (Wildman–Crippen MR) is 83.9 cm³/mol. The minimum Gasteiger partial charge on any atom is -0.505 e. The second-order valence-electron chi connectivity index (χ2n) is 5.53. The van der Waals surface area contributed by atoms with Gasteiger partial charge in [0, 0.05) is 19.1 Å². The van der Waals surface area contributed by atoms with Gasteiger partial charge in [-0.05, 0) is 37.5 Å². The van der Waals surface area contributed by atoms with E-state index in [-0.39, 0.29) is 17.7 Å². The minimum atomic E-state index is -0.104. The molecule has 1 atom stereocenters. The monoisotopic (exact) mass is 288 g/mol. The first kappa shape index (κ1) is 15.5. The van der Waals surface area contributed by atoms with Crippen LogP contribution in [0.15, 0.2) is 17.1 Å². The molecule has 1 aliphatic rings. The van der Waals surface area contributed by atoms with Crippen LogP contribution in [0.1, 0.15) is 50.4 Å². The van der Waals surface area contributed by atoms with E-state index in [1.54, 1.807) is 6.07 Å². The Balaban J connectivity index is 2.44. The molecular formula is C17H24N2O2. The summed E-state index contributed by atoms with van der Waals surface area (Å²) in [5.41, 5.74) is 0.363. The van der Waals surface area contributed by atoms with Crippen LogP contribution in [0, 0.1) is 0 Å². The van der Waals surface area contributed by atoms with Crippen molar-refractivity contribution in [2.75, 3.05) is 13.1 Å². The molecule has 2 rings (SSSR count). The third-order valence-electron chi connectivity index (χ3n) is 4.02. The van der Waals surface area contributed by atoms with Crippen LogP contribution in [-0.2, 0) is 0 Å². The number of hydrogen-bond acceptors (Lipinski definition) is 3. The van der Waals surface area contributed by atoms with Gasteiger partial charge in [-0.25, -0.2) is 0 Å². The Bertz CT molecular complexity index is 637. The molecule has 1 aromatic rings. The number of phenols is 1. The largest absolute Gasteiger partial charge is 0.505 e. The summed E-state index contributed by atoms with van der Waals surface area (Å²) in [6.07, 6.45) is 4.74. The van der Waals surface area contributed by atoms with Crippen LogP contribution in [0.25, 0.3) is 6.08 Å². The van der Waals surface area contributed by atoms with Gasteiger partial charge >= 0.3 is 0 Å². The molecule has 1 N–H and O–H groups in total. The molecule has 1 aliphatic heterocycles. The standard InChI is InChI=1S/C17H24N2O2/c1-4-11-19(12(3)5-2)17(21)14-9-8-13-7-6-10-18-15(13)16(14)20/h7-9,12,20H,4-6,10-11H2,1-3H3. The Hall–Kier alpha value is -1.84. The predicted octanol–water partition coefficient (Wildman–Crippen LogP) is 1.85. The summed E-state index contributed by atoms with van der Waals surface area (Å²) in [7, 11) is 0. The van der Waals surface area contributed by atoms with Gasteiger partial charge in [-0.1, -0.05) is 26.0 Å². The maximum absolute atomic E-state index is 12.8. The summed E-state index contributed by atoms with van der Waals surface area (Å²) in [5, 5.41) is 11.9. The summed E-state index contributed by atoms with van der Waals surface area (Å²) in [4.78, 5) is 19.0. The van der Waals surface area contributed by atoms with E-state index in [1.165, 1.54) is 0 Å². The molecule has 0 aromatic heterocycles. The topological polar surface area (TPSA) is 52.9 Å². The second kappa shape index (κ2) is 6.74. The zero-order valence-corrected chi connectivity index (χ0v) is 13.1. The second-order valence-corrected chi connectivity index (χ2v) is 5.53. The fourth-order valence-corrected chi connectivity index (χ4v) is 2.63. The van der Waals surface area contributed by atoms with Crippen molar-refractivity contribution in [3.8, 4) is 5.75 Å². The number of phenolic OH excluding ortho intramolecular Hbond substituents is 1. The van der Waals surface area contributed by atoms with Gasteiger partial charge in [-0.2, -0.15) is 0 Å². The van der Waals surface area contributed by atoms with Crippen molar-refractivity contribution < 1.29 is 9.90 Å². The summed E-state index contributed by atoms with van der Waals surface area (Å²) in [6, 6.07) is 3.77. The third kappa shape index (κ3) is 3.09. The highest BCUT2D eigenvalue weighted by Crippen LogP contribution is 2.16. The van der Waals surface area contributed by atoms with E-state index >= 15 is 0 Å². The highest BCUT2D eigenvalue weighted by atomic mass is 16.3. The van der Waals surface area contributed by atoms with E-state index in [9.17, 15) is 9.90 Å². The van der Waals surface area contributed by atoms with Gasteiger partial charge in [0.25, 0.3) is 5.91 Å². The Kier molecular flexibility index (Phi) is 4.99. The molecule has 0 bridgehead atoms. The first-order chi connectivity index (χ1) is 10.1. The molecule has 1 unspecified atom stereocenters. The average molecular weight is 288 g/mol. The maximum Gasteiger partial charge on any atom is 0.257 e. The van der Waals surface area contributed by atoms with Gasteiger partial charge in [-0.3, -0.25) is 9.79 Å². The molecule has 0 saturated heterocycles. The number of benzene rings is 1. The summed E-state index contributed by atoms with van der Waals surface area (Å²) < 4.78 is 0. The molecule has 4 nitrogen and oxygen atoms in total. The smallest absolute Gasteiger partial charge is 0.257 e. The SMILES string of the molecule is CCCN(C(=O)c1ccc2c(c1O)=NCCC=2)C(C)CC. The van der Waals surface area contributed by atoms with Crippen molar-refractivity contribution in [3.63, 3.8) is 0 Å². The van der Waals surface area contributed by atoms with Crippen molar-refractivity contribution in [1.82, 2.24) is 4.90 Å². The van der Waals surface area contributed by atoms with E-state index < -0.39 is 0 Å². The molecule has 0 saturated carbocycles. The molecule has 1 amide bonds. The molecule has 4 heteroatoms. The van der Waals surface area contributed by atoms with Gasteiger partial charge in [0.2, 0.25) is 0 Å². The Labute approximate surface area is 125 Å². The number of aromatic hydroxyl groups is 1. The fourth-order valence-electron chi connectivity index (χ4n) is 2.63. The lowest BCUT2D eigenvalue weighted by Gasteiger charge is -2.28. The Morgan fingerprint density at radius 2 is 2.19 bits per heavy atom. The summed E-state index contributed by atoms with van der Waals surface area (Å²) >= 11 is 0. The van der Waals surface area contributed by atoms with Gasteiger partial charge in [-0.15, -0.1) is 0 Å². The molecule has 0 aliphatic carbocycles. The van der Waals surface area contributed by atoms with Crippen molar-refractivity contribution in [2.24, 2.45) is 4.99 Å². The zero-order valence-electron chi connectivity index (χ0n) is 13.1. The van der Waals surface area contributed by atoms with Gasteiger partial charge in [0.1, 0.15) is 5.36 Å². The van der Waals surface area contributed by atoms with Gasteiger partial charge in [0.05, 0.1) is 5.56 Å². The first-order valence-corrected chi connectivity index (χ1v) is 7.77. The molecule has 1 aromatic carbocycles.